The molecule has 0 aromatic heterocycles. The maximum absolute atomic E-state index is 10.1. The number of aliphatic hydroxyl groups is 1. The summed E-state index contributed by atoms with van der Waals surface area (Å²) in [6.07, 6.45) is 0.569. The highest BCUT2D eigenvalue weighted by Crippen LogP contribution is 2.23. The average Bonchev–Trinajstić information content (AvgIpc) is 2.02. The second-order valence-corrected chi connectivity index (χ2v) is 4.36. The zero-order valence-corrected chi connectivity index (χ0v) is 8.99. The Hall–Kier alpha value is -1.02. The molecular weight excluding hydrogens is 176 g/mol. The van der Waals surface area contributed by atoms with E-state index in [0.29, 0.717) is 6.42 Å². The summed E-state index contributed by atoms with van der Waals surface area (Å²) < 4.78 is 0. The van der Waals surface area contributed by atoms with Crippen molar-refractivity contribution in [3.8, 4) is 5.75 Å². The molecule has 78 valence electrons. The van der Waals surface area contributed by atoms with Crippen LogP contribution >= 0.6 is 0 Å². The third kappa shape index (κ3) is 2.74. The molecule has 0 aliphatic rings. The summed E-state index contributed by atoms with van der Waals surface area (Å²) in [5.74, 6) is 0.451. The van der Waals surface area contributed by atoms with Gasteiger partial charge in [0.15, 0.2) is 0 Å². The van der Waals surface area contributed by atoms with Crippen LogP contribution in [0.3, 0.4) is 0 Å². The predicted molar refractivity (Wildman–Crippen MR) is 57.3 cm³/mol. The van der Waals surface area contributed by atoms with Crippen molar-refractivity contribution >= 4 is 0 Å². The largest absolute Gasteiger partial charge is 0.508 e. The summed E-state index contributed by atoms with van der Waals surface area (Å²) >= 11 is 0. The van der Waals surface area contributed by atoms with E-state index in [1.807, 2.05) is 26.8 Å². The van der Waals surface area contributed by atoms with Crippen LogP contribution in [0.5, 0.6) is 5.75 Å². The normalized spacial score (nSPS) is 15.5. The number of benzene rings is 1. The molecule has 2 N–H and O–H groups in total. The topological polar surface area (TPSA) is 40.5 Å². The minimum absolute atomic E-state index is 0.199. The van der Waals surface area contributed by atoms with Gasteiger partial charge in [-0.2, -0.15) is 0 Å². The van der Waals surface area contributed by atoms with Gasteiger partial charge in [0.1, 0.15) is 5.75 Å². The van der Waals surface area contributed by atoms with Crippen LogP contribution in [0, 0.1) is 5.92 Å². The maximum atomic E-state index is 10.1. The van der Waals surface area contributed by atoms with Gasteiger partial charge in [0, 0.05) is 6.42 Å². The fraction of sp³-hybridized carbons (Fsp3) is 0.500. The predicted octanol–water partition coefficient (Wildman–Crippen LogP) is 2.34. The summed E-state index contributed by atoms with van der Waals surface area (Å²) in [5, 5.41) is 19.3. The minimum Gasteiger partial charge on any atom is -0.508 e. The van der Waals surface area contributed by atoms with Crippen LogP contribution in [0.25, 0.3) is 0 Å². The van der Waals surface area contributed by atoms with E-state index in [-0.39, 0.29) is 11.7 Å². The molecule has 1 aromatic rings. The van der Waals surface area contributed by atoms with Crippen molar-refractivity contribution in [3.05, 3.63) is 29.8 Å². The Kier molecular flexibility index (Phi) is 3.17. The Morgan fingerprint density at radius 1 is 1.36 bits per heavy atom. The average molecular weight is 194 g/mol. The van der Waals surface area contributed by atoms with E-state index in [1.54, 1.807) is 18.2 Å². The van der Waals surface area contributed by atoms with E-state index in [1.165, 1.54) is 0 Å². The van der Waals surface area contributed by atoms with E-state index in [4.69, 9.17) is 0 Å². The molecule has 0 aliphatic carbocycles. The van der Waals surface area contributed by atoms with Crippen molar-refractivity contribution in [3.63, 3.8) is 0 Å². The number of aromatic hydroxyl groups is 1. The van der Waals surface area contributed by atoms with Crippen LogP contribution in [0.2, 0.25) is 0 Å². The molecular formula is C12H18O2. The lowest BCUT2D eigenvalue weighted by atomic mass is 9.86. The van der Waals surface area contributed by atoms with Gasteiger partial charge in [0.05, 0.1) is 5.60 Å². The van der Waals surface area contributed by atoms with Crippen LogP contribution in [-0.2, 0) is 6.42 Å². The molecule has 0 aliphatic heterocycles. The monoisotopic (exact) mass is 194 g/mol. The SMILES string of the molecule is CC(C)C(C)(O)Cc1cccc(O)c1. The molecule has 1 unspecified atom stereocenters. The van der Waals surface area contributed by atoms with Gasteiger partial charge in [0.25, 0.3) is 0 Å². The van der Waals surface area contributed by atoms with Crippen LogP contribution in [-0.4, -0.2) is 15.8 Å². The van der Waals surface area contributed by atoms with Gasteiger partial charge in [-0.1, -0.05) is 26.0 Å². The molecule has 0 amide bonds. The van der Waals surface area contributed by atoms with Gasteiger partial charge in [-0.05, 0) is 30.5 Å². The Morgan fingerprint density at radius 3 is 2.50 bits per heavy atom. The number of phenolic OH excluding ortho intramolecular Hbond substituents is 1. The smallest absolute Gasteiger partial charge is 0.115 e. The first-order valence-corrected chi connectivity index (χ1v) is 4.92. The van der Waals surface area contributed by atoms with Gasteiger partial charge >= 0.3 is 0 Å². The van der Waals surface area contributed by atoms with Crippen LogP contribution in [0.15, 0.2) is 24.3 Å². The van der Waals surface area contributed by atoms with Crippen molar-refractivity contribution < 1.29 is 10.2 Å². The van der Waals surface area contributed by atoms with E-state index < -0.39 is 5.60 Å². The minimum atomic E-state index is -0.714. The molecule has 1 atom stereocenters. The zero-order valence-electron chi connectivity index (χ0n) is 8.99. The van der Waals surface area contributed by atoms with E-state index >= 15 is 0 Å². The van der Waals surface area contributed by atoms with Gasteiger partial charge < -0.3 is 10.2 Å². The van der Waals surface area contributed by atoms with Crippen LogP contribution in [0.4, 0.5) is 0 Å². The highest BCUT2D eigenvalue weighted by molar-refractivity contribution is 5.28. The first-order valence-electron chi connectivity index (χ1n) is 4.92. The molecule has 2 heteroatoms. The Labute approximate surface area is 85.2 Å². The molecule has 0 radical (unpaired) electrons. The van der Waals surface area contributed by atoms with Gasteiger partial charge in [-0.3, -0.25) is 0 Å². The van der Waals surface area contributed by atoms with Gasteiger partial charge in [0.2, 0.25) is 0 Å². The molecule has 2 nitrogen and oxygen atoms in total. The lowest BCUT2D eigenvalue weighted by Crippen LogP contribution is -2.33. The zero-order chi connectivity index (χ0) is 10.8. The fourth-order valence-corrected chi connectivity index (χ4v) is 1.28. The molecule has 0 saturated carbocycles. The second-order valence-electron chi connectivity index (χ2n) is 4.36. The third-order valence-corrected chi connectivity index (χ3v) is 2.72. The van der Waals surface area contributed by atoms with E-state index in [9.17, 15) is 10.2 Å². The number of phenols is 1. The molecule has 0 fully saturated rings. The van der Waals surface area contributed by atoms with E-state index in [0.717, 1.165) is 5.56 Å². The molecule has 0 saturated heterocycles. The lowest BCUT2D eigenvalue weighted by molar-refractivity contribution is 0.0139. The van der Waals surface area contributed by atoms with E-state index in [2.05, 4.69) is 0 Å². The van der Waals surface area contributed by atoms with Crippen LogP contribution in [0.1, 0.15) is 26.3 Å². The molecule has 0 spiro atoms. The van der Waals surface area contributed by atoms with Gasteiger partial charge in [-0.15, -0.1) is 0 Å². The second kappa shape index (κ2) is 4.01. The summed E-state index contributed by atoms with van der Waals surface area (Å²) in [5.41, 5.74) is 0.247. The summed E-state index contributed by atoms with van der Waals surface area (Å²) in [6, 6.07) is 7.03. The number of hydrogen-bond acceptors (Lipinski definition) is 2. The maximum Gasteiger partial charge on any atom is 0.115 e. The highest BCUT2D eigenvalue weighted by atomic mass is 16.3. The summed E-state index contributed by atoms with van der Waals surface area (Å²) in [7, 11) is 0. The molecule has 0 heterocycles. The Morgan fingerprint density at radius 2 is 2.00 bits per heavy atom. The first-order chi connectivity index (χ1) is 6.42. The van der Waals surface area contributed by atoms with Crippen molar-refractivity contribution in [2.24, 2.45) is 5.92 Å². The van der Waals surface area contributed by atoms with Crippen LogP contribution < -0.4 is 0 Å². The fourth-order valence-electron chi connectivity index (χ4n) is 1.28. The third-order valence-electron chi connectivity index (χ3n) is 2.72. The standard InChI is InChI=1S/C12H18O2/c1-9(2)12(3,14)8-10-5-4-6-11(13)7-10/h4-7,9,13-14H,8H2,1-3H3. The molecule has 1 rings (SSSR count). The molecule has 1 aromatic carbocycles. The Bertz CT molecular complexity index is 303. The summed E-state index contributed by atoms with van der Waals surface area (Å²) in [4.78, 5) is 0. The first kappa shape index (κ1) is 11.1. The van der Waals surface area contributed by atoms with Crippen molar-refractivity contribution in [1.82, 2.24) is 0 Å². The molecule has 14 heavy (non-hydrogen) atoms. The highest BCUT2D eigenvalue weighted by Gasteiger charge is 2.24. The summed E-state index contributed by atoms with van der Waals surface area (Å²) in [6.45, 7) is 5.80. The lowest BCUT2D eigenvalue weighted by Gasteiger charge is -2.27. The Balaban J connectivity index is 2.78. The van der Waals surface area contributed by atoms with Gasteiger partial charge in [-0.25, -0.2) is 0 Å². The number of rotatable bonds is 3. The quantitative estimate of drug-likeness (QED) is 0.775. The van der Waals surface area contributed by atoms with Crippen molar-refractivity contribution in [1.29, 1.82) is 0 Å². The van der Waals surface area contributed by atoms with Crippen molar-refractivity contribution in [2.45, 2.75) is 32.8 Å². The molecule has 0 bridgehead atoms. The number of hydrogen-bond donors (Lipinski definition) is 2. The van der Waals surface area contributed by atoms with Crippen molar-refractivity contribution in [2.75, 3.05) is 0 Å².